The maximum Gasteiger partial charge on any atom is 2.00 e. The summed E-state index contributed by atoms with van der Waals surface area (Å²) in [6.45, 7) is 10.8. The first-order valence-corrected chi connectivity index (χ1v) is 14.2. The van der Waals surface area contributed by atoms with E-state index in [1.165, 1.54) is 6.92 Å². The van der Waals surface area contributed by atoms with E-state index in [1.807, 2.05) is 13.8 Å². The number of rotatable bonds is 8. The second-order valence-corrected chi connectivity index (χ2v) is 10.8. The van der Waals surface area contributed by atoms with Crippen molar-refractivity contribution >= 4 is 46.7 Å². The molecule has 0 N–H and O–H groups in total. The first-order valence-electron chi connectivity index (χ1n) is 14.2. The first kappa shape index (κ1) is 45.0. The van der Waals surface area contributed by atoms with Crippen LogP contribution in [0.25, 0.3) is 11.6 Å². The van der Waals surface area contributed by atoms with Crippen LogP contribution in [0.1, 0.15) is 51.2 Å². The van der Waals surface area contributed by atoms with Crippen molar-refractivity contribution in [2.45, 2.75) is 53.4 Å². The number of allylic oxidation sites excluding steroid dienone is 7. The Labute approximate surface area is 360 Å². The molecule has 11 nitrogen and oxygen atoms in total. The van der Waals surface area contributed by atoms with Crippen molar-refractivity contribution in [2.24, 2.45) is 15.0 Å². The average molecular weight is 736 g/mol. The van der Waals surface area contributed by atoms with Crippen LogP contribution in [0.5, 0.6) is 0 Å². The molecule has 0 spiro atoms. The van der Waals surface area contributed by atoms with Gasteiger partial charge in [0.2, 0.25) is 0 Å². The van der Waals surface area contributed by atoms with E-state index >= 15 is 0 Å². The maximum absolute atomic E-state index is 12.5. The first-order chi connectivity index (χ1) is 21.4. The summed E-state index contributed by atoms with van der Waals surface area (Å²) in [5, 5.41) is 48.8. The molecular formula is C34H27CuN4Na3O7. The van der Waals surface area contributed by atoms with E-state index in [2.05, 4.69) is 11.6 Å². The van der Waals surface area contributed by atoms with Crippen LogP contribution in [-0.4, -0.2) is 35.0 Å². The molecule has 0 saturated heterocycles. The van der Waals surface area contributed by atoms with Crippen molar-refractivity contribution in [1.29, 1.82) is 0 Å². The van der Waals surface area contributed by atoms with E-state index in [0.717, 1.165) is 5.57 Å². The van der Waals surface area contributed by atoms with Crippen molar-refractivity contribution in [3.8, 4) is 0 Å². The summed E-state index contributed by atoms with van der Waals surface area (Å²) in [5.74, 6) is -4.44. The fourth-order valence-electron chi connectivity index (χ4n) is 5.91. The van der Waals surface area contributed by atoms with Crippen LogP contribution >= 0.6 is 0 Å². The smallest absolute Gasteiger partial charge is 0.877 e. The molecule has 0 atom stereocenters. The van der Waals surface area contributed by atoms with Crippen molar-refractivity contribution in [3.63, 3.8) is 0 Å². The minimum atomic E-state index is -1.59. The molecule has 1 aromatic rings. The molecule has 0 unspecified atom stereocenters. The summed E-state index contributed by atoms with van der Waals surface area (Å²) in [7, 11) is 0. The number of hydrogen-bond donors (Lipinski definition) is 0. The number of aliphatic carboxylic acids is 3. The molecule has 0 amide bonds. The number of aliphatic imine (C=N–C) groups is 3. The SMILES string of the molecule is C=CC1=C(C)C2=NC1=CC1=NC(=C(CC)C1=C[O-])C=C1N=C(C(C(=O)[O-])=C1C)C(CC(=O)[O-])=c1[n-]c(c(C)c1CCC(=O)[O-])=C2.[Cu+2].[Na+].[Na+].[Na+]. The predicted molar refractivity (Wildman–Crippen MR) is 159 cm³/mol. The molecule has 1 aromatic heterocycles. The van der Waals surface area contributed by atoms with Crippen LogP contribution in [0.15, 0.2) is 96.6 Å². The third-order valence-corrected chi connectivity index (χ3v) is 8.21. The zero-order valence-corrected chi connectivity index (χ0v) is 35.3. The van der Waals surface area contributed by atoms with Gasteiger partial charge >= 0.3 is 106 Å². The fourth-order valence-corrected chi connectivity index (χ4v) is 5.91. The molecule has 49 heavy (non-hydrogen) atoms. The molecule has 15 heteroatoms. The van der Waals surface area contributed by atoms with E-state index in [1.54, 1.807) is 31.2 Å². The third kappa shape index (κ3) is 8.71. The average Bonchev–Trinajstić information content (AvgIpc) is 3.67. The molecule has 4 aliphatic rings. The van der Waals surface area contributed by atoms with Gasteiger partial charge in [-0.15, -0.1) is 17.0 Å². The van der Waals surface area contributed by atoms with Crippen molar-refractivity contribution in [1.82, 2.24) is 4.98 Å². The van der Waals surface area contributed by atoms with Crippen LogP contribution in [0.4, 0.5) is 0 Å². The van der Waals surface area contributed by atoms with Crippen LogP contribution in [0.3, 0.4) is 0 Å². The number of hydrogen-bond acceptors (Lipinski definition) is 10. The molecule has 239 valence electrons. The van der Waals surface area contributed by atoms with E-state index in [4.69, 9.17) is 15.0 Å². The molecule has 0 aliphatic carbocycles. The number of carbonyl (C=O) groups is 3. The zero-order valence-electron chi connectivity index (χ0n) is 28.4. The minimum Gasteiger partial charge on any atom is -0.877 e. The topological polar surface area (TPSA) is 195 Å². The number of fused-ring (bicyclic) bond motifs is 5. The summed E-state index contributed by atoms with van der Waals surface area (Å²) >= 11 is 0. The van der Waals surface area contributed by atoms with Gasteiger partial charge in [0.25, 0.3) is 0 Å². The number of carboxylic acids is 3. The molecule has 4 aliphatic heterocycles. The van der Waals surface area contributed by atoms with Crippen molar-refractivity contribution in [2.75, 3.05) is 0 Å². The van der Waals surface area contributed by atoms with Crippen LogP contribution in [0.2, 0.25) is 0 Å². The molecule has 0 aromatic carbocycles. The van der Waals surface area contributed by atoms with Crippen LogP contribution in [-0.2, 0) is 37.9 Å². The Kier molecular flexibility index (Phi) is 16.9. The molecule has 8 bridgehead atoms. The number of aromatic nitrogens is 1. The second-order valence-electron chi connectivity index (χ2n) is 10.8. The fraction of sp³-hybridized carbons (Fsp3) is 0.235. The van der Waals surface area contributed by atoms with Gasteiger partial charge in [0.15, 0.2) is 0 Å². The van der Waals surface area contributed by atoms with Gasteiger partial charge in [-0.2, -0.15) is 0 Å². The molecule has 5 rings (SSSR count). The van der Waals surface area contributed by atoms with Gasteiger partial charge in [-0.1, -0.05) is 36.8 Å². The van der Waals surface area contributed by atoms with Gasteiger partial charge in [0, 0.05) is 29.5 Å². The standard InChI is InChI=1S/C34H32N4O7.Cu.3Na/c1-6-18-15(3)23-11-24-16(4)20(8-9-29(40)41)32(37-24)21(10-30(42)43)33-31(34(44)45)17(5)25(38-33)12-27-19(7-2)22(14-39)28(36-27)13-26(18)35-23;;;;/h6,11-14H,1,7-10H2,2-5H3,(H5,35,36,37,38,39,40,41,42,43,44,45);;;;/q;+2;3*+1/p-5. The van der Waals surface area contributed by atoms with Gasteiger partial charge in [-0.25, -0.2) is 15.0 Å². The molecule has 0 saturated carbocycles. The Morgan fingerprint density at radius 3 is 2.10 bits per heavy atom. The summed E-state index contributed by atoms with van der Waals surface area (Å²) < 4.78 is 0. The zero-order chi connectivity index (χ0) is 32.7. The Hall–Kier alpha value is -2.06. The molecule has 1 radical (unpaired) electrons. The van der Waals surface area contributed by atoms with E-state index in [0.29, 0.717) is 68.7 Å². The van der Waals surface area contributed by atoms with Gasteiger partial charge in [0.05, 0.1) is 40.2 Å². The van der Waals surface area contributed by atoms with E-state index in [9.17, 15) is 34.8 Å². The maximum atomic E-state index is 12.5. The number of carbonyl (C=O) groups excluding carboxylic acids is 3. The van der Waals surface area contributed by atoms with E-state index < -0.39 is 30.7 Å². The van der Waals surface area contributed by atoms with Gasteiger partial charge < -0.3 is 39.8 Å². The second kappa shape index (κ2) is 18.4. The van der Waals surface area contributed by atoms with Crippen molar-refractivity contribution < 1.29 is 141 Å². The normalized spacial score (nSPS) is 17.0. The largest absolute Gasteiger partial charge is 2.00 e. The quantitative estimate of drug-likeness (QED) is 0.186. The third-order valence-electron chi connectivity index (χ3n) is 8.21. The van der Waals surface area contributed by atoms with Gasteiger partial charge in [0.1, 0.15) is 0 Å². The van der Waals surface area contributed by atoms with Crippen LogP contribution in [0, 0.1) is 6.92 Å². The van der Waals surface area contributed by atoms with E-state index in [-0.39, 0.29) is 146 Å². The molecular weight excluding hydrogens is 709 g/mol. The number of carboxylic acid groups (broad SMARTS) is 3. The Balaban J connectivity index is 0.00000300. The minimum absolute atomic E-state index is 0. The molecule has 0 fully saturated rings. The summed E-state index contributed by atoms with van der Waals surface area (Å²) in [5.41, 5.74) is 4.83. The Bertz CT molecular complexity index is 2060. The predicted octanol–water partition coefficient (Wildman–Crippen LogP) is -10.7. The monoisotopic (exact) mass is 735 g/mol. The Morgan fingerprint density at radius 2 is 1.55 bits per heavy atom. The molecule has 5 heterocycles. The van der Waals surface area contributed by atoms with Crippen LogP contribution < -0.4 is 125 Å². The summed E-state index contributed by atoms with van der Waals surface area (Å²) in [6.07, 6.45) is 6.44. The number of nitrogens with zero attached hydrogens (tertiary/aromatic N) is 4. The van der Waals surface area contributed by atoms with Gasteiger partial charge in [-0.3, -0.25) is 0 Å². The summed E-state index contributed by atoms with van der Waals surface area (Å²) in [4.78, 5) is 54.8. The summed E-state index contributed by atoms with van der Waals surface area (Å²) in [6, 6.07) is 0. The van der Waals surface area contributed by atoms with Gasteiger partial charge in [-0.05, 0) is 80.1 Å². The van der Waals surface area contributed by atoms with Crippen molar-refractivity contribution in [3.05, 3.63) is 103 Å². The Morgan fingerprint density at radius 1 is 0.878 bits per heavy atom.